The van der Waals surface area contributed by atoms with E-state index in [4.69, 9.17) is 13.8 Å². The molecule has 0 spiro atoms. The molecule has 0 saturated carbocycles. The molecule has 21 heavy (non-hydrogen) atoms. The van der Waals surface area contributed by atoms with E-state index in [1.54, 1.807) is 27.7 Å². The summed E-state index contributed by atoms with van der Waals surface area (Å²) in [5, 5.41) is 9.20. The first-order valence-corrected chi connectivity index (χ1v) is 8.15. The lowest BCUT2D eigenvalue weighted by atomic mass is 10.2. The van der Waals surface area contributed by atoms with Crippen molar-refractivity contribution in [3.8, 4) is 0 Å². The van der Waals surface area contributed by atoms with Gasteiger partial charge < -0.3 is 18.9 Å². The molecule has 9 heteroatoms. The molecule has 1 heterocycles. The molecule has 0 aromatic carbocycles. The summed E-state index contributed by atoms with van der Waals surface area (Å²) in [6.07, 6.45) is -0.330. The molecular formula is C12H21FNO6P. The first-order chi connectivity index (χ1) is 9.68. The fraction of sp³-hybridized carbons (Fsp3) is 0.750. The van der Waals surface area contributed by atoms with E-state index >= 15 is 0 Å². The molecule has 0 bridgehead atoms. The highest BCUT2D eigenvalue weighted by atomic mass is 31.2. The molecule has 1 fully saturated rings. The number of hydrogen-bond donors (Lipinski definition) is 1. The van der Waals surface area contributed by atoms with Gasteiger partial charge in [0.05, 0.1) is 25.9 Å². The summed E-state index contributed by atoms with van der Waals surface area (Å²) in [5.74, 6) is 0. The van der Waals surface area contributed by atoms with Crippen LogP contribution in [0.15, 0.2) is 11.6 Å². The van der Waals surface area contributed by atoms with Crippen LogP contribution < -0.4 is 0 Å². The highest BCUT2D eigenvalue weighted by Crippen LogP contribution is 2.57. The van der Waals surface area contributed by atoms with Crippen LogP contribution >= 0.6 is 7.60 Å². The van der Waals surface area contributed by atoms with Crippen LogP contribution in [0.3, 0.4) is 0 Å². The van der Waals surface area contributed by atoms with Crippen LogP contribution in [0.5, 0.6) is 0 Å². The van der Waals surface area contributed by atoms with Crippen LogP contribution in [-0.4, -0.2) is 47.7 Å². The maximum Gasteiger partial charge on any atom is 0.410 e. The van der Waals surface area contributed by atoms with Gasteiger partial charge in [0.25, 0.3) is 0 Å². The highest BCUT2D eigenvalue weighted by molar-refractivity contribution is 7.58. The standard InChI is InChI=1S/C12H21FNO6P/c1-5-19-21(17,20-6-2)10(13)7-9-8-18-12(3,4)14(9)11(15)16/h7,9H,5-6,8H2,1-4H3,(H,15,16)/t9-/m0/s1. The molecule has 0 aliphatic carbocycles. The molecule has 1 N–H and O–H groups in total. The van der Waals surface area contributed by atoms with Crippen molar-refractivity contribution in [1.82, 2.24) is 4.90 Å². The molecule has 7 nitrogen and oxygen atoms in total. The average molecular weight is 325 g/mol. The zero-order valence-corrected chi connectivity index (χ0v) is 13.4. The highest BCUT2D eigenvalue weighted by Gasteiger charge is 2.44. The van der Waals surface area contributed by atoms with Crippen LogP contribution in [0.2, 0.25) is 0 Å². The third-order valence-electron chi connectivity index (χ3n) is 2.91. The monoisotopic (exact) mass is 325 g/mol. The van der Waals surface area contributed by atoms with Gasteiger partial charge in [0.15, 0.2) is 0 Å². The molecule has 1 rings (SSSR count). The Labute approximate surface area is 123 Å². The predicted molar refractivity (Wildman–Crippen MR) is 73.7 cm³/mol. The Hall–Kier alpha value is -0.950. The molecule has 0 aromatic rings. The number of ether oxygens (including phenoxy) is 1. The van der Waals surface area contributed by atoms with Crippen molar-refractivity contribution in [2.45, 2.75) is 39.5 Å². The Kier molecular flexibility index (Phi) is 5.92. The number of carbonyl (C=O) groups is 1. The summed E-state index contributed by atoms with van der Waals surface area (Å²) in [5.41, 5.74) is -2.20. The Morgan fingerprint density at radius 1 is 1.48 bits per heavy atom. The Morgan fingerprint density at radius 2 is 2.00 bits per heavy atom. The summed E-state index contributed by atoms with van der Waals surface area (Å²) in [6.45, 7) is 6.20. The Morgan fingerprint density at radius 3 is 2.43 bits per heavy atom. The van der Waals surface area contributed by atoms with E-state index in [0.717, 1.165) is 11.0 Å². The minimum absolute atomic E-state index is 0.00778. The summed E-state index contributed by atoms with van der Waals surface area (Å²) in [6, 6.07) is -0.897. The van der Waals surface area contributed by atoms with Gasteiger partial charge in [-0.3, -0.25) is 9.46 Å². The summed E-state index contributed by atoms with van der Waals surface area (Å²) < 4.78 is 41.6. The van der Waals surface area contributed by atoms with Crippen molar-refractivity contribution < 1.29 is 32.6 Å². The summed E-state index contributed by atoms with van der Waals surface area (Å²) in [4.78, 5) is 12.2. The molecule has 0 radical (unpaired) electrons. The lowest BCUT2D eigenvalue weighted by molar-refractivity contribution is -0.0409. The minimum atomic E-state index is -4.04. The summed E-state index contributed by atoms with van der Waals surface area (Å²) >= 11 is 0. The van der Waals surface area contributed by atoms with Gasteiger partial charge in [-0.05, 0) is 33.8 Å². The van der Waals surface area contributed by atoms with Gasteiger partial charge in [-0.25, -0.2) is 4.79 Å². The molecule has 1 amide bonds. The second-order valence-corrected chi connectivity index (χ2v) is 6.74. The minimum Gasteiger partial charge on any atom is -0.465 e. The smallest absolute Gasteiger partial charge is 0.410 e. The molecule has 1 aliphatic rings. The fourth-order valence-electron chi connectivity index (χ4n) is 2.08. The quantitative estimate of drug-likeness (QED) is 0.755. The second-order valence-electron chi connectivity index (χ2n) is 4.80. The van der Waals surface area contributed by atoms with Crippen LogP contribution in [-0.2, 0) is 18.3 Å². The lowest BCUT2D eigenvalue weighted by Crippen LogP contribution is -2.46. The first kappa shape index (κ1) is 18.1. The van der Waals surface area contributed by atoms with E-state index < -0.39 is 31.0 Å². The Balaban J connectivity index is 3.05. The third kappa shape index (κ3) is 4.03. The van der Waals surface area contributed by atoms with E-state index in [1.165, 1.54) is 0 Å². The maximum atomic E-state index is 14.2. The molecule has 1 atom stereocenters. The van der Waals surface area contributed by atoms with E-state index in [2.05, 4.69) is 0 Å². The molecular weight excluding hydrogens is 304 g/mol. The maximum absolute atomic E-state index is 14.2. The van der Waals surface area contributed by atoms with E-state index in [0.29, 0.717) is 0 Å². The van der Waals surface area contributed by atoms with E-state index in [-0.39, 0.29) is 19.8 Å². The molecule has 0 aromatic heterocycles. The van der Waals surface area contributed by atoms with E-state index in [9.17, 15) is 18.9 Å². The second kappa shape index (κ2) is 6.87. The van der Waals surface area contributed by atoms with Crippen molar-refractivity contribution in [1.29, 1.82) is 0 Å². The van der Waals surface area contributed by atoms with Gasteiger partial charge in [0, 0.05) is 0 Å². The molecule has 0 unspecified atom stereocenters. The Bertz CT molecular complexity index is 457. The van der Waals surface area contributed by atoms with Gasteiger partial charge in [0.1, 0.15) is 5.72 Å². The molecule has 122 valence electrons. The topological polar surface area (TPSA) is 85.3 Å². The number of hydrogen-bond acceptors (Lipinski definition) is 5. The zero-order chi connectivity index (χ0) is 16.3. The van der Waals surface area contributed by atoms with Crippen molar-refractivity contribution in [2.75, 3.05) is 19.8 Å². The number of nitrogens with zero attached hydrogens (tertiary/aromatic N) is 1. The van der Waals surface area contributed by atoms with Crippen molar-refractivity contribution in [3.05, 3.63) is 11.6 Å². The zero-order valence-electron chi connectivity index (χ0n) is 12.5. The van der Waals surface area contributed by atoms with Gasteiger partial charge in [0.2, 0.25) is 5.57 Å². The largest absolute Gasteiger partial charge is 0.465 e. The first-order valence-electron chi connectivity index (χ1n) is 6.61. The molecule has 1 aliphatic heterocycles. The van der Waals surface area contributed by atoms with Crippen molar-refractivity contribution >= 4 is 13.7 Å². The van der Waals surface area contributed by atoms with Gasteiger partial charge in [-0.15, -0.1) is 0 Å². The normalized spacial score (nSPS) is 22.6. The lowest BCUT2D eigenvalue weighted by Gasteiger charge is -2.30. The van der Waals surface area contributed by atoms with Gasteiger partial charge >= 0.3 is 13.7 Å². The summed E-state index contributed by atoms with van der Waals surface area (Å²) in [7, 11) is -4.04. The molecule has 1 saturated heterocycles. The third-order valence-corrected chi connectivity index (χ3v) is 4.78. The number of amides is 1. The van der Waals surface area contributed by atoms with Crippen molar-refractivity contribution in [3.63, 3.8) is 0 Å². The van der Waals surface area contributed by atoms with Gasteiger partial charge in [-0.1, -0.05) is 0 Å². The van der Waals surface area contributed by atoms with E-state index in [1.807, 2.05) is 0 Å². The van der Waals surface area contributed by atoms with Crippen LogP contribution in [0.1, 0.15) is 27.7 Å². The van der Waals surface area contributed by atoms with Crippen LogP contribution in [0, 0.1) is 0 Å². The number of rotatable bonds is 6. The average Bonchev–Trinajstić information content (AvgIpc) is 2.65. The predicted octanol–water partition coefficient (Wildman–Crippen LogP) is 3.18. The number of halogens is 1. The van der Waals surface area contributed by atoms with Crippen molar-refractivity contribution in [2.24, 2.45) is 0 Å². The fourth-order valence-corrected chi connectivity index (χ4v) is 3.43. The van der Waals surface area contributed by atoms with Gasteiger partial charge in [-0.2, -0.15) is 4.39 Å². The van der Waals surface area contributed by atoms with Crippen LogP contribution in [0.25, 0.3) is 0 Å². The van der Waals surface area contributed by atoms with Crippen LogP contribution in [0.4, 0.5) is 9.18 Å². The SMILES string of the molecule is CCOP(=O)(OCC)C(F)=C[C@H]1COC(C)(C)N1C(=O)O. The number of carboxylic acid groups (broad SMARTS) is 1.